The second-order valence-electron chi connectivity index (χ2n) is 4.51. The fraction of sp³-hybridized carbons (Fsp3) is 0.429. The summed E-state index contributed by atoms with van der Waals surface area (Å²) in [6.45, 7) is 1.46. The molecule has 0 radical (unpaired) electrons. The van der Waals surface area contributed by atoms with Crippen LogP contribution in [0.3, 0.4) is 0 Å². The molecule has 1 aliphatic heterocycles. The predicted molar refractivity (Wildman–Crippen MR) is 72.2 cm³/mol. The summed E-state index contributed by atoms with van der Waals surface area (Å²) in [5.74, 6) is 0.463. The lowest BCUT2D eigenvalue weighted by Crippen LogP contribution is -2.50. The summed E-state index contributed by atoms with van der Waals surface area (Å²) in [6.07, 6.45) is 0. The zero-order chi connectivity index (χ0) is 14.4. The number of hydrogen-bond donors (Lipinski definition) is 1. The Labute approximate surface area is 117 Å². The van der Waals surface area contributed by atoms with E-state index in [4.69, 9.17) is 9.47 Å². The Morgan fingerprint density at radius 1 is 1.45 bits per heavy atom. The maximum absolute atomic E-state index is 11.9. The van der Waals surface area contributed by atoms with Gasteiger partial charge in [0, 0.05) is 13.1 Å². The molecule has 0 unspecified atom stereocenters. The molecule has 1 saturated heterocycles. The van der Waals surface area contributed by atoms with Gasteiger partial charge in [-0.15, -0.1) is 0 Å². The lowest BCUT2D eigenvalue weighted by molar-refractivity contribution is -0.142. The topological polar surface area (TPSA) is 67.9 Å². The summed E-state index contributed by atoms with van der Waals surface area (Å²) in [4.78, 5) is 24.5. The van der Waals surface area contributed by atoms with E-state index in [0.29, 0.717) is 19.7 Å². The number of rotatable bonds is 5. The lowest BCUT2D eigenvalue weighted by Gasteiger charge is -2.26. The Morgan fingerprint density at radius 3 is 3.05 bits per heavy atom. The van der Waals surface area contributed by atoms with Crippen LogP contribution in [-0.2, 0) is 20.9 Å². The fourth-order valence-corrected chi connectivity index (χ4v) is 1.96. The van der Waals surface area contributed by atoms with Crippen LogP contribution in [0, 0.1) is 0 Å². The Kier molecular flexibility index (Phi) is 4.95. The zero-order valence-corrected chi connectivity index (χ0v) is 11.4. The van der Waals surface area contributed by atoms with Crippen molar-refractivity contribution in [2.24, 2.45) is 0 Å². The molecule has 0 aliphatic carbocycles. The van der Waals surface area contributed by atoms with Crippen LogP contribution >= 0.6 is 0 Å². The molecule has 1 aliphatic rings. The van der Waals surface area contributed by atoms with Gasteiger partial charge in [0.2, 0.25) is 11.8 Å². The second kappa shape index (κ2) is 6.91. The second-order valence-corrected chi connectivity index (χ2v) is 4.51. The van der Waals surface area contributed by atoms with Crippen LogP contribution in [0.5, 0.6) is 5.75 Å². The monoisotopic (exact) mass is 278 g/mol. The number of nitrogens with zero attached hydrogens (tertiary/aromatic N) is 1. The van der Waals surface area contributed by atoms with Gasteiger partial charge in [-0.2, -0.15) is 0 Å². The molecule has 1 heterocycles. The number of methoxy groups -OCH3 is 1. The minimum atomic E-state index is -0.164. The van der Waals surface area contributed by atoms with Crippen LogP contribution in [0.25, 0.3) is 0 Å². The normalized spacial score (nSPS) is 14.8. The Bertz CT molecular complexity index is 490. The first-order valence-corrected chi connectivity index (χ1v) is 6.44. The smallest absolute Gasteiger partial charge is 0.249 e. The molecule has 6 heteroatoms. The fourth-order valence-electron chi connectivity index (χ4n) is 1.96. The summed E-state index contributed by atoms with van der Waals surface area (Å²) < 4.78 is 10.5. The van der Waals surface area contributed by atoms with E-state index in [9.17, 15) is 9.59 Å². The van der Waals surface area contributed by atoms with E-state index in [2.05, 4.69) is 5.32 Å². The molecule has 0 spiro atoms. The molecular formula is C14H18N2O4. The number of piperazine rings is 1. The number of benzene rings is 1. The van der Waals surface area contributed by atoms with Crippen molar-refractivity contribution in [3.05, 3.63) is 29.8 Å². The summed E-state index contributed by atoms with van der Waals surface area (Å²) in [5, 5.41) is 2.67. The van der Waals surface area contributed by atoms with Gasteiger partial charge in [0.1, 0.15) is 12.4 Å². The summed E-state index contributed by atoms with van der Waals surface area (Å²) in [5.41, 5.74) is 0.938. The van der Waals surface area contributed by atoms with E-state index >= 15 is 0 Å². The van der Waals surface area contributed by atoms with E-state index in [1.54, 1.807) is 7.11 Å². The third-order valence-electron chi connectivity index (χ3n) is 3.02. The van der Waals surface area contributed by atoms with Crippen molar-refractivity contribution in [3.8, 4) is 5.75 Å². The molecule has 0 bridgehead atoms. The van der Waals surface area contributed by atoms with Crippen LogP contribution in [0.1, 0.15) is 5.56 Å². The first-order chi connectivity index (χ1) is 9.69. The number of carbonyl (C=O) groups is 2. The maximum atomic E-state index is 11.9. The quantitative estimate of drug-likeness (QED) is 0.833. The molecule has 2 rings (SSSR count). The number of hydrogen-bond acceptors (Lipinski definition) is 4. The van der Waals surface area contributed by atoms with Gasteiger partial charge in [-0.25, -0.2) is 0 Å². The summed E-state index contributed by atoms with van der Waals surface area (Å²) in [7, 11) is 1.60. The van der Waals surface area contributed by atoms with Crippen molar-refractivity contribution >= 4 is 11.8 Å². The van der Waals surface area contributed by atoms with E-state index in [1.165, 1.54) is 4.90 Å². The minimum absolute atomic E-state index is 0.0233. The maximum Gasteiger partial charge on any atom is 0.249 e. The van der Waals surface area contributed by atoms with Crippen LogP contribution in [0.15, 0.2) is 24.3 Å². The third kappa shape index (κ3) is 3.96. The standard InChI is InChI=1S/C14H18N2O4/c1-19-12-4-2-3-11(7-12)9-20-10-14(18)16-6-5-15-13(17)8-16/h2-4,7H,5-6,8-10H2,1H3,(H,15,17). The molecule has 2 amide bonds. The number of ether oxygens (including phenoxy) is 2. The highest BCUT2D eigenvalue weighted by Gasteiger charge is 2.20. The van der Waals surface area contributed by atoms with Crippen LogP contribution in [-0.4, -0.2) is 50.1 Å². The number of amides is 2. The van der Waals surface area contributed by atoms with Crippen molar-refractivity contribution in [2.75, 3.05) is 33.4 Å². The van der Waals surface area contributed by atoms with Gasteiger partial charge in [-0.3, -0.25) is 9.59 Å². The van der Waals surface area contributed by atoms with Gasteiger partial charge >= 0.3 is 0 Å². The van der Waals surface area contributed by atoms with E-state index < -0.39 is 0 Å². The average molecular weight is 278 g/mol. The molecule has 1 fully saturated rings. The lowest BCUT2D eigenvalue weighted by atomic mass is 10.2. The molecule has 20 heavy (non-hydrogen) atoms. The van der Waals surface area contributed by atoms with Gasteiger partial charge in [0.05, 0.1) is 20.3 Å². The van der Waals surface area contributed by atoms with E-state index in [-0.39, 0.29) is 25.0 Å². The first-order valence-electron chi connectivity index (χ1n) is 6.44. The summed E-state index contributed by atoms with van der Waals surface area (Å²) in [6, 6.07) is 7.48. The Hall–Kier alpha value is -2.08. The van der Waals surface area contributed by atoms with Crippen molar-refractivity contribution in [2.45, 2.75) is 6.61 Å². The highest BCUT2D eigenvalue weighted by molar-refractivity contribution is 5.86. The van der Waals surface area contributed by atoms with Crippen molar-refractivity contribution in [1.29, 1.82) is 0 Å². The van der Waals surface area contributed by atoms with Crippen molar-refractivity contribution in [3.63, 3.8) is 0 Å². The molecule has 1 aromatic rings. The van der Waals surface area contributed by atoms with Gasteiger partial charge in [0.15, 0.2) is 0 Å². The molecule has 0 saturated carbocycles. The van der Waals surface area contributed by atoms with Crippen LogP contribution < -0.4 is 10.1 Å². The number of nitrogens with one attached hydrogen (secondary N) is 1. The highest BCUT2D eigenvalue weighted by Crippen LogP contribution is 2.13. The Balaban J connectivity index is 1.77. The van der Waals surface area contributed by atoms with E-state index in [1.807, 2.05) is 24.3 Å². The van der Waals surface area contributed by atoms with Gasteiger partial charge in [-0.05, 0) is 17.7 Å². The average Bonchev–Trinajstić information content (AvgIpc) is 2.47. The van der Waals surface area contributed by atoms with Crippen LogP contribution in [0.2, 0.25) is 0 Å². The molecule has 1 aromatic carbocycles. The molecule has 108 valence electrons. The molecular weight excluding hydrogens is 260 g/mol. The Morgan fingerprint density at radius 2 is 2.30 bits per heavy atom. The highest BCUT2D eigenvalue weighted by atomic mass is 16.5. The summed E-state index contributed by atoms with van der Waals surface area (Å²) >= 11 is 0. The van der Waals surface area contributed by atoms with Gasteiger partial charge < -0.3 is 19.7 Å². The zero-order valence-electron chi connectivity index (χ0n) is 11.4. The van der Waals surface area contributed by atoms with Crippen LogP contribution in [0.4, 0.5) is 0 Å². The molecule has 6 nitrogen and oxygen atoms in total. The number of carbonyl (C=O) groups excluding carboxylic acids is 2. The largest absolute Gasteiger partial charge is 0.497 e. The van der Waals surface area contributed by atoms with Crippen molar-refractivity contribution < 1.29 is 19.1 Å². The van der Waals surface area contributed by atoms with E-state index in [0.717, 1.165) is 11.3 Å². The minimum Gasteiger partial charge on any atom is -0.497 e. The molecule has 0 aromatic heterocycles. The molecule has 0 atom stereocenters. The predicted octanol–water partition coefficient (Wildman–Crippen LogP) is 0.170. The van der Waals surface area contributed by atoms with Crippen molar-refractivity contribution in [1.82, 2.24) is 10.2 Å². The SMILES string of the molecule is COc1cccc(COCC(=O)N2CCNC(=O)C2)c1. The van der Waals surface area contributed by atoms with Gasteiger partial charge in [-0.1, -0.05) is 12.1 Å². The van der Waals surface area contributed by atoms with Gasteiger partial charge in [0.25, 0.3) is 0 Å². The first kappa shape index (κ1) is 14.3. The third-order valence-corrected chi connectivity index (χ3v) is 3.02. The molecule has 1 N–H and O–H groups in total.